The van der Waals surface area contributed by atoms with E-state index >= 15 is 0 Å². The molecular weight excluding hydrogens is 509 g/mol. The molecule has 0 saturated carbocycles. The fourth-order valence-corrected chi connectivity index (χ4v) is 4.14. The van der Waals surface area contributed by atoms with Crippen LogP contribution in [0, 0.1) is 0 Å². The summed E-state index contributed by atoms with van der Waals surface area (Å²) in [6, 6.07) is 11.0. The molecule has 0 unspecified atom stereocenters. The number of aromatic nitrogens is 2. The molecule has 2 aromatic heterocycles. The Labute approximate surface area is 221 Å². The van der Waals surface area contributed by atoms with Gasteiger partial charge in [0.25, 0.3) is 0 Å². The lowest BCUT2D eigenvalue weighted by atomic mass is 10.0. The van der Waals surface area contributed by atoms with Gasteiger partial charge in [0.2, 0.25) is 5.88 Å². The van der Waals surface area contributed by atoms with Crippen molar-refractivity contribution in [2.45, 2.75) is 52.8 Å². The van der Waals surface area contributed by atoms with Crippen molar-refractivity contribution in [1.82, 2.24) is 14.9 Å². The molecule has 6 nitrogen and oxygen atoms in total. The van der Waals surface area contributed by atoms with Crippen molar-refractivity contribution in [2.75, 3.05) is 7.11 Å². The zero-order valence-electron chi connectivity index (χ0n) is 20.5. The van der Waals surface area contributed by atoms with E-state index in [4.69, 9.17) is 44.3 Å². The van der Waals surface area contributed by atoms with Crippen LogP contribution in [0.15, 0.2) is 42.6 Å². The minimum Gasteiger partial charge on any atom is -0.481 e. The first-order valence-electron chi connectivity index (χ1n) is 11.1. The van der Waals surface area contributed by atoms with E-state index in [1.165, 1.54) is 0 Å². The van der Waals surface area contributed by atoms with E-state index in [-0.39, 0.29) is 17.7 Å². The Kier molecular flexibility index (Phi) is 8.52. The molecule has 35 heavy (non-hydrogen) atoms. The Balaban J connectivity index is 1.98. The summed E-state index contributed by atoms with van der Waals surface area (Å²) in [6.45, 7) is 9.66. The molecule has 0 spiro atoms. The van der Waals surface area contributed by atoms with Crippen LogP contribution in [0.25, 0.3) is 22.4 Å². The second-order valence-corrected chi connectivity index (χ2v) is 10.3. The van der Waals surface area contributed by atoms with Gasteiger partial charge in [-0.05, 0) is 52.8 Å². The van der Waals surface area contributed by atoms with Crippen LogP contribution in [0.2, 0.25) is 15.2 Å². The summed E-state index contributed by atoms with van der Waals surface area (Å²) in [7, 11) is 1.54. The van der Waals surface area contributed by atoms with Crippen molar-refractivity contribution in [3.8, 4) is 28.3 Å². The second kappa shape index (κ2) is 11.0. The number of pyridine rings is 2. The van der Waals surface area contributed by atoms with Crippen LogP contribution in [0.1, 0.15) is 40.2 Å². The highest BCUT2D eigenvalue weighted by atomic mass is 35.5. The molecule has 0 aliphatic rings. The van der Waals surface area contributed by atoms with Crippen LogP contribution >= 0.6 is 34.8 Å². The third-order valence-electron chi connectivity index (χ3n) is 5.14. The fraction of sp³-hybridized carbons (Fsp3) is 0.346. The van der Waals surface area contributed by atoms with E-state index < -0.39 is 11.7 Å². The van der Waals surface area contributed by atoms with Crippen molar-refractivity contribution < 1.29 is 14.3 Å². The van der Waals surface area contributed by atoms with Crippen LogP contribution in [0.4, 0.5) is 4.79 Å². The molecule has 0 saturated heterocycles. The molecule has 9 heteroatoms. The summed E-state index contributed by atoms with van der Waals surface area (Å²) in [5.74, 6) is 0.392. The number of rotatable bonds is 6. The monoisotopic (exact) mass is 535 g/mol. The van der Waals surface area contributed by atoms with Gasteiger partial charge in [-0.2, -0.15) is 0 Å². The molecule has 2 heterocycles. The highest BCUT2D eigenvalue weighted by Crippen LogP contribution is 2.40. The van der Waals surface area contributed by atoms with Crippen LogP contribution in [-0.2, 0) is 11.3 Å². The van der Waals surface area contributed by atoms with Crippen molar-refractivity contribution in [3.05, 3.63) is 63.4 Å². The maximum absolute atomic E-state index is 12.8. The summed E-state index contributed by atoms with van der Waals surface area (Å²) in [5.41, 5.74) is 2.84. The Morgan fingerprint density at radius 1 is 1.00 bits per heavy atom. The quantitative estimate of drug-likeness (QED) is 0.299. The summed E-state index contributed by atoms with van der Waals surface area (Å²) in [5, 5.41) is 0.996. The van der Waals surface area contributed by atoms with E-state index in [2.05, 4.69) is 9.97 Å². The number of methoxy groups -OCH3 is 1. The van der Waals surface area contributed by atoms with Crippen LogP contribution in [0.5, 0.6) is 5.88 Å². The zero-order chi connectivity index (χ0) is 25.9. The SMILES string of the molecule is COc1nc(-c2cccc(-c3ccnc(Cl)c3Cl)c2Cl)ccc1CN(C(=O)OC(C)(C)C)C(C)C. The first kappa shape index (κ1) is 27.1. The molecule has 0 N–H and O–H groups in total. The Morgan fingerprint density at radius 3 is 2.29 bits per heavy atom. The first-order valence-corrected chi connectivity index (χ1v) is 12.2. The first-order chi connectivity index (χ1) is 16.4. The molecule has 3 aromatic rings. The zero-order valence-corrected chi connectivity index (χ0v) is 22.8. The van der Waals surface area contributed by atoms with Crippen LogP contribution in [-0.4, -0.2) is 39.7 Å². The number of carbonyl (C=O) groups excluding carboxylic acids is 1. The predicted molar refractivity (Wildman–Crippen MR) is 141 cm³/mol. The van der Waals surface area contributed by atoms with Gasteiger partial charge >= 0.3 is 6.09 Å². The van der Waals surface area contributed by atoms with Gasteiger partial charge in [0, 0.05) is 34.5 Å². The topological polar surface area (TPSA) is 64.6 Å². The van der Waals surface area contributed by atoms with Crippen LogP contribution < -0.4 is 4.74 Å². The number of hydrogen-bond acceptors (Lipinski definition) is 5. The average molecular weight is 537 g/mol. The summed E-state index contributed by atoms with van der Waals surface area (Å²) >= 11 is 19.3. The second-order valence-electron chi connectivity index (χ2n) is 9.20. The predicted octanol–water partition coefficient (Wildman–Crippen LogP) is 7.92. The summed E-state index contributed by atoms with van der Waals surface area (Å²) in [4.78, 5) is 23.1. The molecule has 0 atom stereocenters. The molecule has 1 amide bonds. The molecule has 0 bridgehead atoms. The van der Waals surface area contributed by atoms with E-state index in [1.54, 1.807) is 24.3 Å². The maximum Gasteiger partial charge on any atom is 0.410 e. The lowest BCUT2D eigenvalue weighted by Crippen LogP contribution is -2.40. The average Bonchev–Trinajstić information content (AvgIpc) is 2.78. The number of carbonyl (C=O) groups is 1. The van der Waals surface area contributed by atoms with E-state index in [0.29, 0.717) is 38.3 Å². The smallest absolute Gasteiger partial charge is 0.410 e. The van der Waals surface area contributed by atoms with Gasteiger partial charge in [-0.25, -0.2) is 14.8 Å². The minimum atomic E-state index is -0.597. The van der Waals surface area contributed by atoms with E-state index in [1.807, 2.05) is 65.0 Å². The van der Waals surface area contributed by atoms with E-state index in [9.17, 15) is 4.79 Å². The maximum atomic E-state index is 12.8. The van der Waals surface area contributed by atoms with Gasteiger partial charge in [0.15, 0.2) is 0 Å². The minimum absolute atomic E-state index is 0.0858. The van der Waals surface area contributed by atoms with Gasteiger partial charge in [-0.1, -0.05) is 53.0 Å². The molecule has 186 valence electrons. The van der Waals surface area contributed by atoms with Crippen molar-refractivity contribution >= 4 is 40.9 Å². The molecule has 1 aromatic carbocycles. The Morgan fingerprint density at radius 2 is 1.66 bits per heavy atom. The third kappa shape index (κ3) is 6.37. The van der Waals surface area contributed by atoms with Gasteiger partial charge in [-0.3, -0.25) is 0 Å². The highest BCUT2D eigenvalue weighted by Gasteiger charge is 2.26. The van der Waals surface area contributed by atoms with Gasteiger partial charge in [0.05, 0.1) is 29.4 Å². The molecule has 0 aliphatic heterocycles. The van der Waals surface area contributed by atoms with Gasteiger partial charge in [0.1, 0.15) is 10.8 Å². The summed E-state index contributed by atoms with van der Waals surface area (Å²) < 4.78 is 11.2. The number of amides is 1. The fourth-order valence-electron chi connectivity index (χ4n) is 3.44. The van der Waals surface area contributed by atoms with E-state index in [0.717, 1.165) is 5.56 Å². The number of benzene rings is 1. The molecule has 0 fully saturated rings. The van der Waals surface area contributed by atoms with Crippen LogP contribution in [0.3, 0.4) is 0 Å². The number of halogens is 3. The van der Waals surface area contributed by atoms with Crippen molar-refractivity contribution in [2.24, 2.45) is 0 Å². The van der Waals surface area contributed by atoms with Gasteiger partial charge in [-0.15, -0.1) is 0 Å². The molecule has 0 aliphatic carbocycles. The number of ether oxygens (including phenoxy) is 2. The summed E-state index contributed by atoms with van der Waals surface area (Å²) in [6.07, 6.45) is 1.18. The van der Waals surface area contributed by atoms with Gasteiger partial charge < -0.3 is 14.4 Å². The molecule has 3 rings (SSSR count). The molecule has 0 radical (unpaired) electrons. The normalized spacial score (nSPS) is 11.5. The lowest BCUT2D eigenvalue weighted by Gasteiger charge is -2.30. The van der Waals surface area contributed by atoms with Crippen molar-refractivity contribution in [1.29, 1.82) is 0 Å². The number of hydrogen-bond donors (Lipinski definition) is 0. The lowest BCUT2D eigenvalue weighted by molar-refractivity contribution is 0.0170. The standard InChI is InChI=1S/C26H28Cl3N3O3/c1-15(2)32(25(33)35-26(3,4)5)14-16-10-11-20(31-24(16)34-6)19-9-7-8-17(21(19)27)18-12-13-30-23(29)22(18)28/h7-13,15H,14H2,1-6H3. The Bertz CT molecular complexity index is 1230. The Hall–Kier alpha value is -2.54. The highest BCUT2D eigenvalue weighted by molar-refractivity contribution is 6.43. The van der Waals surface area contributed by atoms with Crippen molar-refractivity contribution in [3.63, 3.8) is 0 Å². The third-order valence-corrected chi connectivity index (χ3v) is 6.31. The molecular formula is C26H28Cl3N3O3. The largest absolute Gasteiger partial charge is 0.481 e. The number of nitrogens with zero attached hydrogens (tertiary/aromatic N) is 3.